The summed E-state index contributed by atoms with van der Waals surface area (Å²) in [5.41, 5.74) is -0.776. The van der Waals surface area contributed by atoms with Crippen molar-refractivity contribution >= 4 is 29.3 Å². The second kappa shape index (κ2) is 6.44. The molecule has 1 amide bonds. The first kappa shape index (κ1) is 15.3. The number of hydrogen-bond acceptors (Lipinski definition) is 5. The van der Waals surface area contributed by atoms with Crippen molar-refractivity contribution in [3.63, 3.8) is 0 Å². The number of aliphatic carboxylic acids is 1. The Morgan fingerprint density at radius 1 is 1.58 bits per heavy atom. The van der Waals surface area contributed by atoms with Crippen molar-refractivity contribution in [3.05, 3.63) is 22.2 Å². The zero-order valence-corrected chi connectivity index (χ0v) is 11.5. The summed E-state index contributed by atoms with van der Waals surface area (Å²) in [5.74, 6) is -1.52. The maximum absolute atomic E-state index is 11.5. The van der Waals surface area contributed by atoms with Crippen LogP contribution in [-0.4, -0.2) is 39.2 Å². The number of nitrogens with zero attached hydrogens (tertiary/aromatic N) is 1. The number of aromatic nitrogens is 1. The number of carbonyl (C=O) groups is 2. The van der Waals surface area contributed by atoms with Gasteiger partial charge in [-0.05, 0) is 19.9 Å². The smallest absolute Gasteiger partial charge is 0.306 e. The van der Waals surface area contributed by atoms with Crippen LogP contribution in [0.2, 0.25) is 0 Å². The molecule has 0 aliphatic rings. The predicted molar refractivity (Wildman–Crippen MR) is 71.8 cm³/mol. The fraction of sp³-hybridized carbons (Fsp3) is 0.417. The minimum absolute atomic E-state index is 0.126. The number of thiazole rings is 1. The highest BCUT2D eigenvalue weighted by Gasteiger charge is 2.24. The molecule has 0 fully saturated rings. The van der Waals surface area contributed by atoms with E-state index >= 15 is 0 Å². The number of rotatable bonds is 6. The quantitative estimate of drug-likeness (QED) is 0.671. The summed E-state index contributed by atoms with van der Waals surface area (Å²) in [5, 5.41) is 23.4. The second-order valence-electron chi connectivity index (χ2n) is 4.41. The standard InChI is InChI=1S/C12H16N2O4S/c1-8-14-9(6-19-8)3-4-10(15)13-7-12(2,18)5-11(16)17/h3-4,6,18H,5,7H2,1-2H3,(H,13,15)(H,16,17). The molecular formula is C12H16N2O4S. The van der Waals surface area contributed by atoms with E-state index < -0.39 is 23.9 Å². The van der Waals surface area contributed by atoms with E-state index in [0.29, 0.717) is 5.69 Å². The summed E-state index contributed by atoms with van der Waals surface area (Å²) in [4.78, 5) is 26.1. The Morgan fingerprint density at radius 2 is 2.26 bits per heavy atom. The van der Waals surface area contributed by atoms with Gasteiger partial charge in [-0.25, -0.2) is 4.98 Å². The molecule has 19 heavy (non-hydrogen) atoms. The van der Waals surface area contributed by atoms with E-state index in [1.165, 1.54) is 24.3 Å². The number of amides is 1. The number of aryl methyl sites for hydroxylation is 1. The Balaban J connectivity index is 2.43. The molecule has 0 radical (unpaired) electrons. The van der Waals surface area contributed by atoms with E-state index in [2.05, 4.69) is 10.3 Å². The van der Waals surface area contributed by atoms with Crippen LogP contribution >= 0.6 is 11.3 Å². The van der Waals surface area contributed by atoms with Crippen LogP contribution < -0.4 is 5.32 Å². The zero-order chi connectivity index (χ0) is 14.5. The lowest BCUT2D eigenvalue weighted by Gasteiger charge is -2.20. The maximum Gasteiger partial charge on any atom is 0.306 e. The summed E-state index contributed by atoms with van der Waals surface area (Å²) < 4.78 is 0. The molecule has 1 aromatic rings. The molecule has 3 N–H and O–H groups in total. The van der Waals surface area contributed by atoms with E-state index in [4.69, 9.17) is 5.11 Å². The molecule has 0 aliphatic heterocycles. The average Bonchev–Trinajstić information content (AvgIpc) is 2.68. The van der Waals surface area contributed by atoms with Gasteiger partial charge in [-0.1, -0.05) is 0 Å². The van der Waals surface area contributed by atoms with Crippen LogP contribution in [-0.2, 0) is 9.59 Å². The molecule has 0 aromatic carbocycles. The monoisotopic (exact) mass is 284 g/mol. The van der Waals surface area contributed by atoms with Gasteiger partial charge >= 0.3 is 5.97 Å². The van der Waals surface area contributed by atoms with Crippen LogP contribution in [0.5, 0.6) is 0 Å². The highest BCUT2D eigenvalue weighted by molar-refractivity contribution is 7.09. The Bertz CT molecular complexity index is 494. The molecule has 1 heterocycles. The third kappa shape index (κ3) is 6.12. The first-order valence-electron chi connectivity index (χ1n) is 5.61. The fourth-order valence-electron chi connectivity index (χ4n) is 1.34. The molecule has 1 atom stereocenters. The van der Waals surface area contributed by atoms with Gasteiger partial charge in [-0.3, -0.25) is 9.59 Å². The van der Waals surface area contributed by atoms with E-state index in [1.54, 1.807) is 6.08 Å². The van der Waals surface area contributed by atoms with Crippen molar-refractivity contribution in [2.45, 2.75) is 25.9 Å². The van der Waals surface area contributed by atoms with Crippen molar-refractivity contribution < 1.29 is 19.8 Å². The summed E-state index contributed by atoms with van der Waals surface area (Å²) in [6.45, 7) is 3.10. The Labute approximate surface area is 114 Å². The lowest BCUT2D eigenvalue weighted by Crippen LogP contribution is -2.41. The number of carboxylic acids is 1. The first-order valence-corrected chi connectivity index (χ1v) is 6.49. The van der Waals surface area contributed by atoms with Gasteiger partial charge in [0.2, 0.25) is 5.91 Å². The minimum Gasteiger partial charge on any atom is -0.481 e. The first-order chi connectivity index (χ1) is 8.78. The Kier molecular flexibility index (Phi) is 5.20. The zero-order valence-electron chi connectivity index (χ0n) is 10.7. The molecule has 7 heteroatoms. The number of carboxylic acid groups (broad SMARTS) is 1. The van der Waals surface area contributed by atoms with Gasteiger partial charge in [0.1, 0.15) is 0 Å². The number of carbonyl (C=O) groups excluding carboxylic acids is 1. The van der Waals surface area contributed by atoms with Gasteiger partial charge in [0.05, 0.1) is 22.7 Å². The van der Waals surface area contributed by atoms with Crippen LogP contribution in [0, 0.1) is 6.92 Å². The molecule has 0 saturated heterocycles. The molecule has 0 aliphatic carbocycles. The SMILES string of the molecule is Cc1nc(C=CC(=O)NCC(C)(O)CC(=O)O)cs1. The average molecular weight is 284 g/mol. The third-order valence-corrected chi connectivity index (χ3v) is 3.01. The normalized spacial score (nSPS) is 14.3. The highest BCUT2D eigenvalue weighted by atomic mass is 32.1. The molecule has 0 spiro atoms. The van der Waals surface area contributed by atoms with Gasteiger partial charge in [0.25, 0.3) is 0 Å². The van der Waals surface area contributed by atoms with Crippen LogP contribution in [0.4, 0.5) is 0 Å². The van der Waals surface area contributed by atoms with Crippen molar-refractivity contribution in [1.82, 2.24) is 10.3 Å². The van der Waals surface area contributed by atoms with E-state index in [9.17, 15) is 14.7 Å². The van der Waals surface area contributed by atoms with Crippen molar-refractivity contribution in [1.29, 1.82) is 0 Å². The predicted octanol–water partition coefficient (Wildman–Crippen LogP) is 0.807. The second-order valence-corrected chi connectivity index (χ2v) is 5.47. The summed E-state index contributed by atoms with van der Waals surface area (Å²) in [6, 6.07) is 0. The van der Waals surface area contributed by atoms with Crippen LogP contribution in [0.25, 0.3) is 6.08 Å². The van der Waals surface area contributed by atoms with E-state index in [-0.39, 0.29) is 6.54 Å². The van der Waals surface area contributed by atoms with E-state index in [1.807, 2.05) is 12.3 Å². The van der Waals surface area contributed by atoms with Gasteiger partial charge < -0.3 is 15.5 Å². The summed E-state index contributed by atoms with van der Waals surface area (Å²) in [6.07, 6.45) is 2.43. The molecule has 0 saturated carbocycles. The molecule has 1 rings (SSSR count). The topological polar surface area (TPSA) is 99.5 Å². The maximum atomic E-state index is 11.5. The van der Waals surface area contributed by atoms with Gasteiger partial charge in [-0.15, -0.1) is 11.3 Å². The van der Waals surface area contributed by atoms with Crippen molar-refractivity contribution in [2.75, 3.05) is 6.54 Å². The number of aliphatic hydroxyl groups is 1. The fourth-order valence-corrected chi connectivity index (χ4v) is 1.92. The van der Waals surface area contributed by atoms with Gasteiger partial charge in [0, 0.05) is 18.0 Å². The number of hydrogen-bond donors (Lipinski definition) is 3. The molecule has 6 nitrogen and oxygen atoms in total. The minimum atomic E-state index is -1.47. The van der Waals surface area contributed by atoms with Crippen molar-refractivity contribution in [2.24, 2.45) is 0 Å². The Morgan fingerprint density at radius 3 is 2.79 bits per heavy atom. The largest absolute Gasteiger partial charge is 0.481 e. The molecule has 0 bridgehead atoms. The molecule has 1 unspecified atom stereocenters. The Hall–Kier alpha value is -1.73. The lowest BCUT2D eigenvalue weighted by molar-refractivity contribution is -0.142. The third-order valence-electron chi connectivity index (χ3n) is 2.22. The van der Waals surface area contributed by atoms with Crippen LogP contribution in [0.1, 0.15) is 24.0 Å². The molecular weight excluding hydrogens is 268 g/mol. The lowest BCUT2D eigenvalue weighted by atomic mass is 10.0. The van der Waals surface area contributed by atoms with Gasteiger partial charge in [0.15, 0.2) is 0 Å². The summed E-state index contributed by atoms with van der Waals surface area (Å²) in [7, 11) is 0. The molecule has 104 valence electrons. The number of nitrogens with one attached hydrogen (secondary N) is 1. The van der Waals surface area contributed by atoms with Gasteiger partial charge in [-0.2, -0.15) is 0 Å². The van der Waals surface area contributed by atoms with Crippen LogP contribution in [0.3, 0.4) is 0 Å². The van der Waals surface area contributed by atoms with Crippen molar-refractivity contribution in [3.8, 4) is 0 Å². The molecule has 1 aromatic heterocycles. The summed E-state index contributed by atoms with van der Waals surface area (Å²) >= 11 is 1.48. The highest BCUT2D eigenvalue weighted by Crippen LogP contribution is 2.09. The van der Waals surface area contributed by atoms with Crippen LogP contribution in [0.15, 0.2) is 11.5 Å². The van der Waals surface area contributed by atoms with E-state index in [0.717, 1.165) is 5.01 Å².